The van der Waals surface area contributed by atoms with Gasteiger partial charge in [0.05, 0.1) is 50.4 Å². The minimum absolute atomic E-state index is 0.0642. The summed E-state index contributed by atoms with van der Waals surface area (Å²) in [4.78, 5) is 36.8. The first-order valence-electron chi connectivity index (χ1n) is 16.8. The summed E-state index contributed by atoms with van der Waals surface area (Å²) in [6.45, 7) is 1.24. The molecule has 2 amide bonds. The zero-order valence-electron chi connectivity index (χ0n) is 29.6. The van der Waals surface area contributed by atoms with Gasteiger partial charge < -0.3 is 20.3 Å². The van der Waals surface area contributed by atoms with Crippen LogP contribution in [0.1, 0.15) is 17.5 Å². The van der Waals surface area contributed by atoms with Crippen LogP contribution in [0.5, 0.6) is 0 Å². The number of aromatic nitrogens is 2. The number of alkyl halides is 2. The average Bonchev–Trinajstić information content (AvgIpc) is 3.69. The highest BCUT2D eigenvalue weighted by atomic mass is 35.5. The summed E-state index contributed by atoms with van der Waals surface area (Å²) >= 11 is 43.2. The first kappa shape index (κ1) is 47.0. The van der Waals surface area contributed by atoms with Crippen LogP contribution in [0.4, 0.5) is 16.2 Å². The van der Waals surface area contributed by atoms with E-state index in [0.717, 1.165) is 29.3 Å². The number of carbonyl (C=O) groups excluding carboxylic acids is 1. The van der Waals surface area contributed by atoms with E-state index in [0.29, 0.717) is 59.7 Å². The first-order chi connectivity index (χ1) is 26.9. The topological polar surface area (TPSA) is 129 Å². The van der Waals surface area contributed by atoms with Crippen molar-refractivity contribution in [2.24, 2.45) is 5.29 Å². The lowest BCUT2D eigenvalue weighted by molar-refractivity contribution is -0.136. The number of nitrogens with zero attached hydrogens (tertiary/aromatic N) is 4. The van der Waals surface area contributed by atoms with E-state index >= 15 is 0 Å². The molecule has 1 heterocycles. The zero-order valence-corrected chi connectivity index (χ0v) is 35.7. The maximum absolute atomic E-state index is 10.9. The number of carboxylic acids is 1. The Morgan fingerprint density at radius 3 is 2.07 bits per heavy atom. The van der Waals surface area contributed by atoms with Crippen molar-refractivity contribution in [3.8, 4) is 0 Å². The number of amides is 2. The Kier molecular flexibility index (Phi) is 21.6. The molecule has 298 valence electrons. The lowest BCUT2D eigenvalue weighted by Crippen LogP contribution is -2.38. The molecule has 0 spiro atoms. The number of urea groups is 1. The SMILES string of the molecule is Clc1ccc(CCC(Cn2ccnc2)Sc2c(Cl)cccc2Cl)cc1.O=C(O)Cc1ccccc1Nc1c(Cl)cccc1Cl.O=NN(CCCl)C(=O)NCCCl. The van der Waals surface area contributed by atoms with Crippen molar-refractivity contribution in [1.82, 2.24) is 19.9 Å². The van der Waals surface area contributed by atoms with Crippen LogP contribution in [-0.2, 0) is 24.2 Å². The molecule has 0 aliphatic heterocycles. The summed E-state index contributed by atoms with van der Waals surface area (Å²) < 4.78 is 2.09. The molecule has 0 radical (unpaired) electrons. The number of halogens is 7. The van der Waals surface area contributed by atoms with Crippen molar-refractivity contribution in [3.05, 3.63) is 145 Å². The number of thioether (sulfide) groups is 1. The van der Waals surface area contributed by atoms with E-state index in [2.05, 4.69) is 37.6 Å². The van der Waals surface area contributed by atoms with E-state index in [1.165, 1.54) is 5.56 Å². The average molecular weight is 922 g/mol. The van der Waals surface area contributed by atoms with Gasteiger partial charge in [-0.1, -0.05) is 100 Å². The summed E-state index contributed by atoms with van der Waals surface area (Å²) in [5.41, 5.74) is 3.19. The molecule has 10 nitrogen and oxygen atoms in total. The van der Waals surface area contributed by atoms with Gasteiger partial charge in [-0.3, -0.25) is 4.79 Å². The molecule has 0 saturated heterocycles. The van der Waals surface area contributed by atoms with Gasteiger partial charge in [-0.15, -0.1) is 39.9 Å². The van der Waals surface area contributed by atoms with E-state index < -0.39 is 12.0 Å². The van der Waals surface area contributed by atoms with Crippen LogP contribution in [-0.4, -0.2) is 61.8 Å². The fourth-order valence-electron chi connectivity index (χ4n) is 4.77. The van der Waals surface area contributed by atoms with Gasteiger partial charge in [-0.25, -0.2) is 9.78 Å². The number of carboxylic acid groups (broad SMARTS) is 1. The normalized spacial score (nSPS) is 10.9. The number of nitroso groups, excluding NO2 is 1. The Labute approximate surface area is 364 Å². The summed E-state index contributed by atoms with van der Waals surface area (Å²) in [5.74, 6) is -0.432. The lowest BCUT2D eigenvalue weighted by Gasteiger charge is -2.19. The number of anilines is 2. The largest absolute Gasteiger partial charge is 0.481 e. The Morgan fingerprint density at radius 1 is 0.857 bits per heavy atom. The molecule has 0 bridgehead atoms. The summed E-state index contributed by atoms with van der Waals surface area (Å²) in [6, 6.07) is 25.4. The van der Waals surface area contributed by atoms with Crippen molar-refractivity contribution in [3.63, 3.8) is 0 Å². The highest BCUT2D eigenvalue weighted by Crippen LogP contribution is 2.38. The van der Waals surface area contributed by atoms with Gasteiger partial charge in [0.2, 0.25) is 0 Å². The van der Waals surface area contributed by atoms with E-state index in [4.69, 9.17) is 86.3 Å². The second-order valence-corrected chi connectivity index (χ2v) is 15.6. The van der Waals surface area contributed by atoms with Crippen LogP contribution in [0.2, 0.25) is 25.1 Å². The van der Waals surface area contributed by atoms with Gasteiger partial charge in [0, 0.05) is 58.1 Å². The van der Waals surface area contributed by atoms with Crippen molar-refractivity contribution in [1.29, 1.82) is 0 Å². The number of hydrogen-bond donors (Lipinski definition) is 3. The monoisotopic (exact) mass is 918 g/mol. The molecule has 1 atom stereocenters. The molecular formula is C38H37Cl7N6O4S. The smallest absolute Gasteiger partial charge is 0.340 e. The first-order valence-corrected chi connectivity index (χ1v) is 20.6. The van der Waals surface area contributed by atoms with Crippen LogP contribution in [0.25, 0.3) is 0 Å². The summed E-state index contributed by atoms with van der Waals surface area (Å²) in [6.07, 6.45) is 7.50. The molecule has 5 rings (SSSR count). The van der Waals surface area contributed by atoms with Crippen LogP contribution in [0.15, 0.2) is 114 Å². The second-order valence-electron chi connectivity index (χ2n) is 11.5. The fraction of sp³-hybridized carbons (Fsp3) is 0.237. The molecule has 56 heavy (non-hydrogen) atoms. The van der Waals surface area contributed by atoms with E-state index in [9.17, 15) is 14.5 Å². The quantitative estimate of drug-likeness (QED) is 0.0389. The zero-order chi connectivity index (χ0) is 40.9. The van der Waals surface area contributed by atoms with Crippen LogP contribution >= 0.6 is 93.0 Å². The molecule has 5 aromatic rings. The number of imidazole rings is 1. The third-order valence-electron chi connectivity index (χ3n) is 7.43. The lowest BCUT2D eigenvalue weighted by atomic mass is 10.1. The van der Waals surface area contributed by atoms with E-state index in [1.54, 1.807) is 54.4 Å². The van der Waals surface area contributed by atoms with Gasteiger partial charge in [0.1, 0.15) is 0 Å². The minimum Gasteiger partial charge on any atom is -0.481 e. The highest BCUT2D eigenvalue weighted by Gasteiger charge is 2.17. The molecule has 0 saturated carbocycles. The van der Waals surface area contributed by atoms with Crippen LogP contribution in [0, 0.1) is 4.91 Å². The van der Waals surface area contributed by atoms with Crippen molar-refractivity contribution in [2.75, 3.05) is 30.2 Å². The third kappa shape index (κ3) is 16.6. The molecular weight excluding hydrogens is 885 g/mol. The molecule has 0 aliphatic rings. The molecule has 0 aliphatic carbocycles. The Bertz CT molecular complexity index is 1940. The number of carbonyl (C=O) groups is 2. The second kappa shape index (κ2) is 25.8. The number of rotatable bonds is 16. The van der Waals surface area contributed by atoms with Gasteiger partial charge in [-0.2, -0.15) is 5.01 Å². The maximum Gasteiger partial charge on any atom is 0.340 e. The number of aryl methyl sites for hydroxylation is 1. The Morgan fingerprint density at radius 2 is 1.50 bits per heavy atom. The predicted molar refractivity (Wildman–Crippen MR) is 233 cm³/mol. The molecule has 18 heteroatoms. The Balaban J connectivity index is 0.000000241. The van der Waals surface area contributed by atoms with Crippen molar-refractivity contribution >= 4 is 116 Å². The highest BCUT2D eigenvalue weighted by molar-refractivity contribution is 8.00. The van der Waals surface area contributed by atoms with E-state index in [1.807, 2.05) is 48.9 Å². The fourth-order valence-corrected chi connectivity index (χ4v) is 7.49. The van der Waals surface area contributed by atoms with E-state index in [-0.39, 0.29) is 18.8 Å². The Hall–Kier alpha value is -3.39. The molecule has 4 aromatic carbocycles. The van der Waals surface area contributed by atoms with Gasteiger partial charge in [0.25, 0.3) is 0 Å². The van der Waals surface area contributed by atoms with Gasteiger partial charge in [-0.05, 0) is 66.4 Å². The molecule has 1 aromatic heterocycles. The number of para-hydroxylation sites is 2. The van der Waals surface area contributed by atoms with Crippen molar-refractivity contribution in [2.45, 2.75) is 36.0 Å². The standard InChI is InChI=1S/C19H17Cl3N2S.C14H11Cl2NO2.C5H9Cl2N3O2/c20-15-7-4-14(5-8-15)6-9-16(12-24-11-10-23-13-24)25-19-17(21)2-1-3-18(19)22;15-10-5-3-6-11(16)14(10)17-12-7-2-1-4-9(12)8-13(18)19;6-1-3-8-5(11)10(9-12)4-2-7/h1-5,7-8,10-11,13,16H,6,9,12H2;1-7,17H,8H2,(H,18,19);1-4H2,(H,8,11). The number of hydrogen-bond acceptors (Lipinski definition) is 7. The van der Waals surface area contributed by atoms with Gasteiger partial charge in [0.15, 0.2) is 0 Å². The predicted octanol–water partition coefficient (Wildman–Crippen LogP) is 12.2. The van der Waals surface area contributed by atoms with Crippen LogP contribution in [0.3, 0.4) is 0 Å². The maximum atomic E-state index is 10.9. The molecule has 3 N–H and O–H groups in total. The number of benzene rings is 4. The van der Waals surface area contributed by atoms with Gasteiger partial charge >= 0.3 is 12.0 Å². The van der Waals surface area contributed by atoms with Crippen molar-refractivity contribution < 1.29 is 14.7 Å². The summed E-state index contributed by atoms with van der Waals surface area (Å²) in [5, 5.41) is 21.0. The molecule has 0 fully saturated rings. The number of nitrogens with one attached hydrogen (secondary N) is 2. The third-order valence-corrected chi connectivity index (χ3v) is 10.9. The summed E-state index contributed by atoms with van der Waals surface area (Å²) in [7, 11) is 0. The number of aliphatic carboxylic acids is 1. The minimum atomic E-state index is -0.889. The van der Waals surface area contributed by atoms with Crippen LogP contribution < -0.4 is 10.6 Å². The molecule has 1 unspecified atom stereocenters.